The first kappa shape index (κ1) is 47.4. The number of hydrogen-bond donors (Lipinski definition) is 6. The first-order valence-electron chi connectivity index (χ1n) is 16.1. The van der Waals surface area contributed by atoms with Gasteiger partial charge in [0.1, 0.15) is 42.2 Å². The molecule has 1 aliphatic rings. The highest BCUT2D eigenvalue weighted by Gasteiger charge is 2.47. The second-order valence-electron chi connectivity index (χ2n) is 12.4. The Morgan fingerprint density at radius 3 is 2.36 bits per heavy atom. The molecule has 8 atom stereocenters. The smallest absolute Gasteiger partial charge is 0.314 e. The fraction of sp³-hybridized carbons (Fsp3) is 0.654. The average Bonchev–Trinajstić information content (AvgIpc) is 3.64. The van der Waals surface area contributed by atoms with E-state index in [0.717, 1.165) is 42.8 Å². The summed E-state index contributed by atoms with van der Waals surface area (Å²) in [6.07, 6.45) is -7.69. The van der Waals surface area contributed by atoms with Crippen molar-refractivity contribution in [2.45, 2.75) is 64.3 Å². The number of nitrogens with zero attached hydrogens (tertiary/aromatic N) is 4. The Balaban J connectivity index is 1.49. The monoisotopic (exact) mass is 877 g/mol. The van der Waals surface area contributed by atoms with Crippen LogP contribution in [0.15, 0.2) is 12.7 Å². The maximum absolute atomic E-state index is 12.5. The van der Waals surface area contributed by atoms with Crippen LogP contribution < -0.4 is 35.9 Å². The van der Waals surface area contributed by atoms with Gasteiger partial charge in [-0.05, 0) is 6.42 Å². The van der Waals surface area contributed by atoms with Gasteiger partial charge in [0.15, 0.2) is 17.7 Å². The van der Waals surface area contributed by atoms with Crippen LogP contribution in [0.5, 0.6) is 0 Å². The Labute approximate surface area is 321 Å². The molecule has 2 aromatic rings. The van der Waals surface area contributed by atoms with Crippen molar-refractivity contribution in [3.8, 4) is 0 Å². The summed E-state index contributed by atoms with van der Waals surface area (Å²) in [5.74, 6) is -4.04. The Morgan fingerprint density at radius 1 is 1.07 bits per heavy atom. The first-order valence-corrected chi connectivity index (χ1v) is 21.5. The number of carboxylic acids is 1. The minimum atomic E-state index is -5.93. The first-order chi connectivity index (χ1) is 25.9. The van der Waals surface area contributed by atoms with Crippen LogP contribution in [0.4, 0.5) is 5.82 Å². The number of fused-ring (bicyclic) bond motifs is 1. The van der Waals surface area contributed by atoms with Crippen LogP contribution in [0.3, 0.4) is 0 Å². The van der Waals surface area contributed by atoms with Crippen LogP contribution in [-0.4, -0.2) is 114 Å². The number of thioether (sulfide) groups is 1. The van der Waals surface area contributed by atoms with Gasteiger partial charge in [-0.25, -0.2) is 19.3 Å². The molecule has 3 unspecified atom stereocenters. The minimum Gasteiger partial charge on any atom is -0.790 e. The molecule has 3 heterocycles. The normalized spacial score (nSPS) is 22.2. The van der Waals surface area contributed by atoms with Gasteiger partial charge >= 0.3 is 5.97 Å². The topological polar surface area (TPSA) is 412 Å². The third kappa shape index (κ3) is 13.6. The number of anilines is 1. The fourth-order valence-electron chi connectivity index (χ4n) is 4.80. The van der Waals surface area contributed by atoms with Crippen LogP contribution in [0, 0.1) is 11.3 Å². The standard InChI is InChI=1S/C26H42N7O19P3S/c1-4-13(24(38)39)25(40)56-8-7-28-15(34)5-6-29-22(37)19(36)26(2,3)10-49-55(46,47)52-54(44,45)48-9-14-18(51-53(41,42)43)17(35)23(50-14)33-12-32-16-20(27)30-11-31-21(16)33/h11-14,17-19,23,35-36H,4-10H2,1-3H3,(H,28,34)(H,29,37)(H,38,39)(H,44,45)(H,46,47)(H2,27,30,31)(H2,41,42,43)/p-4/t13?,14-,17-,18-,19+,23-/m1/s1. The number of aliphatic hydroxyl groups excluding tert-OH is 2. The highest BCUT2D eigenvalue weighted by atomic mass is 32.2. The van der Waals surface area contributed by atoms with Crippen LogP contribution in [0.2, 0.25) is 0 Å². The largest absolute Gasteiger partial charge is 0.790 e. The molecule has 0 saturated carbocycles. The Hall–Kier alpha value is -2.97. The van der Waals surface area contributed by atoms with Gasteiger partial charge in [-0.3, -0.25) is 32.9 Å². The van der Waals surface area contributed by atoms with E-state index in [1.165, 1.54) is 0 Å². The van der Waals surface area contributed by atoms with Gasteiger partial charge in [-0.15, -0.1) is 0 Å². The minimum absolute atomic E-state index is 0.0140. The molecule has 0 aliphatic carbocycles. The lowest BCUT2D eigenvalue weighted by atomic mass is 9.87. The lowest BCUT2D eigenvalue weighted by Crippen LogP contribution is -2.46. The summed E-state index contributed by atoms with van der Waals surface area (Å²) >= 11 is 0.739. The van der Waals surface area contributed by atoms with Crippen molar-refractivity contribution in [2.24, 2.45) is 11.3 Å². The van der Waals surface area contributed by atoms with Gasteiger partial charge in [-0.1, -0.05) is 32.5 Å². The summed E-state index contributed by atoms with van der Waals surface area (Å²) < 4.78 is 60.3. The van der Waals surface area contributed by atoms with E-state index in [0.29, 0.717) is 0 Å². The zero-order chi connectivity index (χ0) is 42.2. The fourth-order valence-corrected chi connectivity index (χ4v) is 8.41. The zero-order valence-corrected chi connectivity index (χ0v) is 33.1. The molecule has 0 aromatic carbocycles. The number of carbonyl (C=O) groups is 4. The summed E-state index contributed by atoms with van der Waals surface area (Å²) in [6, 6.07) is 0. The summed E-state index contributed by atoms with van der Waals surface area (Å²) in [4.78, 5) is 107. The Kier molecular flexibility index (Phi) is 16.6. The van der Waals surface area contributed by atoms with E-state index in [1.54, 1.807) is 6.92 Å². The number of nitrogens with two attached hydrogens (primary N) is 1. The molecule has 1 fully saturated rings. The molecule has 316 valence electrons. The summed E-state index contributed by atoms with van der Waals surface area (Å²) in [5.41, 5.74) is 4.00. The number of nitrogens with one attached hydrogen (secondary N) is 2. The predicted octanol–water partition coefficient (Wildman–Crippen LogP) is -3.75. The molecule has 0 bridgehead atoms. The SMILES string of the molecule is CCC(C(=O)O)C(=O)SCCNC(=O)CCNC(=O)[C@H](O)C(C)(C)COP(=O)([O-])OP(=O)([O-])OC[C@H]1O[C@@H](n2cnc3c(N)ncnc32)[C@H](O)[C@@H]1OP(=O)([O-])[O-]. The van der Waals surface area contributed by atoms with Gasteiger partial charge in [0.25, 0.3) is 15.6 Å². The Morgan fingerprint density at radius 2 is 1.73 bits per heavy atom. The molecule has 2 aromatic heterocycles. The van der Waals surface area contributed by atoms with Gasteiger partial charge in [0, 0.05) is 30.7 Å². The maximum atomic E-state index is 12.5. The third-order valence-corrected chi connectivity index (χ3v) is 11.7. The van der Waals surface area contributed by atoms with Crippen LogP contribution in [-0.2, 0) is 55.5 Å². The van der Waals surface area contributed by atoms with Crippen molar-refractivity contribution < 1.29 is 90.4 Å². The van der Waals surface area contributed by atoms with Gasteiger partial charge in [-0.2, -0.15) is 0 Å². The third-order valence-electron chi connectivity index (χ3n) is 7.71. The van der Waals surface area contributed by atoms with Crippen LogP contribution in [0.1, 0.15) is 39.8 Å². The van der Waals surface area contributed by atoms with Crippen LogP contribution in [0.25, 0.3) is 11.2 Å². The number of amides is 2. The molecular formula is C26H38N7O19P3S-4. The predicted molar refractivity (Wildman–Crippen MR) is 180 cm³/mol. The van der Waals surface area contributed by atoms with Gasteiger partial charge in [0.05, 0.1) is 27.4 Å². The molecule has 1 saturated heterocycles. The van der Waals surface area contributed by atoms with E-state index in [4.69, 9.17) is 15.6 Å². The van der Waals surface area contributed by atoms with Crippen molar-refractivity contribution in [3.05, 3.63) is 12.7 Å². The van der Waals surface area contributed by atoms with E-state index in [9.17, 15) is 62.7 Å². The number of phosphoric ester groups is 3. The molecule has 0 spiro atoms. The number of aliphatic carboxylic acids is 1. The molecular weight excluding hydrogens is 839 g/mol. The lowest BCUT2D eigenvalue weighted by Gasteiger charge is -2.36. The van der Waals surface area contributed by atoms with E-state index in [2.05, 4.69) is 43.5 Å². The molecule has 0 radical (unpaired) electrons. The number of phosphoric acid groups is 3. The highest BCUT2D eigenvalue weighted by molar-refractivity contribution is 8.13. The highest BCUT2D eigenvalue weighted by Crippen LogP contribution is 2.56. The number of hydrogen-bond acceptors (Lipinski definition) is 23. The number of carbonyl (C=O) groups excluding carboxylic acids is 3. The number of aromatic nitrogens is 4. The second kappa shape index (κ2) is 19.7. The van der Waals surface area contributed by atoms with E-state index in [1.807, 2.05) is 0 Å². The lowest BCUT2D eigenvalue weighted by molar-refractivity contribution is -0.347. The van der Waals surface area contributed by atoms with E-state index < -0.39 is 102 Å². The quantitative estimate of drug-likeness (QED) is 0.0376. The van der Waals surface area contributed by atoms with E-state index >= 15 is 0 Å². The maximum Gasteiger partial charge on any atom is 0.314 e. The van der Waals surface area contributed by atoms with Crippen molar-refractivity contribution in [1.82, 2.24) is 30.2 Å². The zero-order valence-electron chi connectivity index (χ0n) is 29.6. The van der Waals surface area contributed by atoms with E-state index in [-0.39, 0.29) is 48.7 Å². The summed E-state index contributed by atoms with van der Waals surface area (Å²) in [7, 11) is -17.7. The number of aliphatic hydroxyl groups is 2. The van der Waals surface area contributed by atoms with Gasteiger partial charge in [0.2, 0.25) is 16.9 Å². The van der Waals surface area contributed by atoms with Crippen LogP contribution >= 0.6 is 35.2 Å². The van der Waals surface area contributed by atoms with Crippen molar-refractivity contribution >= 4 is 75.1 Å². The van der Waals surface area contributed by atoms with Gasteiger partial charge < -0.3 is 74.1 Å². The molecule has 2 amide bonds. The number of carboxylic acid groups (broad SMARTS) is 1. The molecule has 26 nitrogen and oxygen atoms in total. The summed E-state index contributed by atoms with van der Waals surface area (Å²) in [5, 5.41) is 34.4. The average molecular weight is 878 g/mol. The molecule has 30 heteroatoms. The number of rotatable bonds is 22. The number of imidazole rings is 1. The second-order valence-corrected chi connectivity index (χ2v) is 17.6. The number of nitrogen functional groups attached to an aromatic ring is 1. The van der Waals surface area contributed by atoms with Crippen molar-refractivity contribution in [1.29, 1.82) is 0 Å². The Bertz CT molecular complexity index is 1880. The molecule has 7 N–H and O–H groups in total. The number of ether oxygens (including phenoxy) is 1. The molecule has 3 rings (SSSR count). The summed E-state index contributed by atoms with van der Waals surface area (Å²) in [6.45, 7) is 1.28. The molecule has 1 aliphatic heterocycles. The molecule has 56 heavy (non-hydrogen) atoms. The van der Waals surface area contributed by atoms with Crippen molar-refractivity contribution in [2.75, 3.05) is 37.8 Å². The van der Waals surface area contributed by atoms with Crippen molar-refractivity contribution in [3.63, 3.8) is 0 Å².